The minimum Gasteiger partial charge on any atom is -0.212 e. The molecule has 0 bridgehead atoms. The zero-order chi connectivity index (χ0) is 22.3. The summed E-state index contributed by atoms with van der Waals surface area (Å²) in [5.41, 5.74) is -3.82. The predicted octanol–water partition coefficient (Wildman–Crippen LogP) is 5.26. The van der Waals surface area contributed by atoms with Crippen LogP contribution in [0.15, 0.2) is 18.2 Å². The maximum Gasteiger partial charge on any atom is 0.416 e. The Morgan fingerprint density at radius 1 is 1.03 bits per heavy atom. The first kappa shape index (κ1) is 25.6. The molecule has 0 spiro atoms. The highest BCUT2D eigenvalue weighted by Gasteiger charge is 2.37. The van der Waals surface area contributed by atoms with Gasteiger partial charge in [0, 0.05) is 0 Å². The summed E-state index contributed by atoms with van der Waals surface area (Å²) in [5, 5.41) is 8.85. The second-order valence-corrected chi connectivity index (χ2v) is 9.23. The molecule has 1 aromatic carbocycles. The van der Waals surface area contributed by atoms with Crippen molar-refractivity contribution in [2.45, 2.75) is 44.3 Å². The molecule has 1 rings (SSSR count). The standard InChI is InChI=1S/C17H20F6N2O2S2/c1-2-3-4-7-28-12-25(6-5-24)29(26,27)11-13-8-14(16(18,19)20)10-15(9-13)17(21,22)23/h8-10H,2-4,6-7,11-12H2,1H3. The Hall–Kier alpha value is -1.45. The number of sulfonamides is 1. The van der Waals surface area contributed by atoms with Gasteiger partial charge >= 0.3 is 12.4 Å². The Morgan fingerprint density at radius 3 is 2.03 bits per heavy atom. The maximum absolute atomic E-state index is 12.9. The lowest BCUT2D eigenvalue weighted by Gasteiger charge is -2.20. The van der Waals surface area contributed by atoms with Gasteiger partial charge in [0.2, 0.25) is 10.0 Å². The van der Waals surface area contributed by atoms with Crippen molar-refractivity contribution in [3.63, 3.8) is 0 Å². The molecule has 0 radical (unpaired) electrons. The van der Waals surface area contributed by atoms with Gasteiger partial charge in [0.05, 0.1) is 28.8 Å². The number of rotatable bonds is 10. The van der Waals surface area contributed by atoms with Crippen LogP contribution in [0.2, 0.25) is 0 Å². The van der Waals surface area contributed by atoms with Crippen LogP contribution in [0, 0.1) is 11.3 Å². The van der Waals surface area contributed by atoms with Crippen LogP contribution in [0.4, 0.5) is 26.3 Å². The van der Waals surface area contributed by atoms with Crippen molar-refractivity contribution in [3.8, 4) is 6.07 Å². The molecule has 0 fully saturated rings. The number of unbranched alkanes of at least 4 members (excludes halogenated alkanes) is 2. The molecule has 4 nitrogen and oxygen atoms in total. The van der Waals surface area contributed by atoms with Crippen molar-refractivity contribution in [1.29, 1.82) is 5.26 Å². The smallest absolute Gasteiger partial charge is 0.212 e. The molecule has 164 valence electrons. The van der Waals surface area contributed by atoms with E-state index in [4.69, 9.17) is 5.26 Å². The molecule has 0 saturated carbocycles. The summed E-state index contributed by atoms with van der Waals surface area (Å²) in [6.07, 6.45) is -7.42. The van der Waals surface area contributed by atoms with Crippen LogP contribution in [0.3, 0.4) is 0 Å². The van der Waals surface area contributed by atoms with Crippen molar-refractivity contribution in [2.75, 3.05) is 18.2 Å². The van der Waals surface area contributed by atoms with Gasteiger partial charge in [-0.15, -0.1) is 11.8 Å². The Bertz CT molecular complexity index is 784. The Kier molecular flexibility index (Phi) is 9.30. The SMILES string of the molecule is CCCCCSCN(CC#N)S(=O)(=O)Cc1cc(C(F)(F)F)cc(C(F)(F)F)c1. The third-order valence-electron chi connectivity index (χ3n) is 3.76. The molecular weight excluding hydrogens is 442 g/mol. The lowest BCUT2D eigenvalue weighted by atomic mass is 10.1. The fourth-order valence-electron chi connectivity index (χ4n) is 2.33. The van der Waals surface area contributed by atoms with E-state index in [2.05, 4.69) is 0 Å². The van der Waals surface area contributed by atoms with E-state index < -0.39 is 51.4 Å². The molecule has 1 aromatic rings. The van der Waals surface area contributed by atoms with Crippen molar-refractivity contribution < 1.29 is 34.8 Å². The predicted molar refractivity (Wildman–Crippen MR) is 98.2 cm³/mol. The number of halogens is 6. The number of thioether (sulfide) groups is 1. The lowest BCUT2D eigenvalue weighted by Crippen LogP contribution is -2.32. The van der Waals surface area contributed by atoms with E-state index in [1.807, 2.05) is 6.92 Å². The zero-order valence-electron chi connectivity index (χ0n) is 15.5. The fraction of sp³-hybridized carbons (Fsp3) is 0.588. The van der Waals surface area contributed by atoms with Gasteiger partial charge in [-0.05, 0) is 35.9 Å². The minimum atomic E-state index is -5.07. The molecule has 0 atom stereocenters. The maximum atomic E-state index is 12.9. The van der Waals surface area contributed by atoms with Crippen LogP contribution in [-0.4, -0.2) is 30.9 Å². The van der Waals surface area contributed by atoms with Gasteiger partial charge in [-0.3, -0.25) is 0 Å². The molecule has 0 aliphatic heterocycles. The van der Waals surface area contributed by atoms with E-state index in [0.29, 0.717) is 17.9 Å². The summed E-state index contributed by atoms with van der Waals surface area (Å²) in [5.74, 6) is -0.561. The summed E-state index contributed by atoms with van der Waals surface area (Å²) >= 11 is 1.23. The number of nitrogens with zero attached hydrogens (tertiary/aromatic N) is 2. The fourth-order valence-corrected chi connectivity index (χ4v) is 5.05. The largest absolute Gasteiger partial charge is 0.416 e. The topological polar surface area (TPSA) is 61.2 Å². The molecule has 0 amide bonds. The van der Waals surface area contributed by atoms with Crippen molar-refractivity contribution in [2.24, 2.45) is 0 Å². The molecular formula is C17H20F6N2O2S2. The van der Waals surface area contributed by atoms with E-state index >= 15 is 0 Å². The Balaban J connectivity index is 3.12. The van der Waals surface area contributed by atoms with Crippen LogP contribution in [0.5, 0.6) is 0 Å². The van der Waals surface area contributed by atoms with Gasteiger partial charge in [-0.1, -0.05) is 19.8 Å². The zero-order valence-corrected chi connectivity index (χ0v) is 17.1. The molecule has 0 aliphatic carbocycles. The summed E-state index contributed by atoms with van der Waals surface area (Å²) < 4.78 is 103. The van der Waals surface area contributed by atoms with Crippen LogP contribution >= 0.6 is 11.8 Å². The van der Waals surface area contributed by atoms with Gasteiger partial charge in [-0.25, -0.2) is 8.42 Å². The first-order chi connectivity index (χ1) is 13.3. The third kappa shape index (κ3) is 8.44. The van der Waals surface area contributed by atoms with Gasteiger partial charge in [0.25, 0.3) is 0 Å². The summed E-state index contributed by atoms with van der Waals surface area (Å²) in [6.45, 7) is 1.44. The van der Waals surface area contributed by atoms with Crippen molar-refractivity contribution in [3.05, 3.63) is 34.9 Å². The van der Waals surface area contributed by atoms with Crippen molar-refractivity contribution >= 4 is 21.8 Å². The second kappa shape index (κ2) is 10.5. The number of alkyl halides is 6. The van der Waals surface area contributed by atoms with Crippen molar-refractivity contribution in [1.82, 2.24) is 4.31 Å². The highest BCUT2D eigenvalue weighted by atomic mass is 32.2. The normalized spacial score (nSPS) is 12.9. The minimum absolute atomic E-state index is 0.0627. The quantitative estimate of drug-likeness (QED) is 0.206. The third-order valence-corrected chi connectivity index (χ3v) is 6.74. The van der Waals surface area contributed by atoms with Gasteiger partial charge in [0.15, 0.2) is 0 Å². The number of benzene rings is 1. The van der Waals surface area contributed by atoms with Crippen LogP contribution < -0.4 is 0 Å². The molecule has 12 heteroatoms. The molecule has 0 unspecified atom stereocenters. The highest BCUT2D eigenvalue weighted by Crippen LogP contribution is 2.36. The average Bonchev–Trinajstić information content (AvgIpc) is 2.58. The first-order valence-corrected chi connectivity index (χ1v) is 11.3. The van der Waals surface area contributed by atoms with Crippen LogP contribution in [-0.2, 0) is 28.1 Å². The monoisotopic (exact) mass is 462 g/mol. The number of nitriles is 1. The molecule has 0 N–H and O–H groups in total. The number of hydrogen-bond donors (Lipinski definition) is 0. The van der Waals surface area contributed by atoms with E-state index in [9.17, 15) is 34.8 Å². The highest BCUT2D eigenvalue weighted by molar-refractivity contribution is 8.00. The second-order valence-electron chi connectivity index (χ2n) is 6.18. The molecule has 29 heavy (non-hydrogen) atoms. The number of hydrogen-bond acceptors (Lipinski definition) is 4. The molecule has 0 aliphatic rings. The Morgan fingerprint density at radius 2 is 1.59 bits per heavy atom. The van der Waals surface area contributed by atoms with Gasteiger partial charge < -0.3 is 0 Å². The van der Waals surface area contributed by atoms with E-state index in [1.165, 1.54) is 11.8 Å². The van der Waals surface area contributed by atoms with E-state index in [0.717, 1.165) is 23.6 Å². The molecule has 0 aromatic heterocycles. The van der Waals surface area contributed by atoms with E-state index in [-0.39, 0.29) is 11.9 Å². The van der Waals surface area contributed by atoms with Crippen LogP contribution in [0.25, 0.3) is 0 Å². The van der Waals surface area contributed by atoms with Crippen LogP contribution in [0.1, 0.15) is 42.9 Å². The first-order valence-electron chi connectivity index (χ1n) is 8.52. The van der Waals surface area contributed by atoms with Gasteiger partial charge in [0.1, 0.15) is 6.54 Å². The summed E-state index contributed by atoms with van der Waals surface area (Å²) in [6, 6.07) is 2.36. The average molecular weight is 462 g/mol. The lowest BCUT2D eigenvalue weighted by molar-refractivity contribution is -0.143. The Labute approximate surface area is 169 Å². The van der Waals surface area contributed by atoms with E-state index in [1.54, 1.807) is 6.07 Å². The molecule has 0 saturated heterocycles. The van der Waals surface area contributed by atoms with Gasteiger partial charge in [-0.2, -0.15) is 35.9 Å². The molecule has 0 heterocycles. The summed E-state index contributed by atoms with van der Waals surface area (Å²) in [4.78, 5) is 0. The summed E-state index contributed by atoms with van der Waals surface area (Å²) in [7, 11) is -4.30.